The molecule has 2 bridgehead atoms. The summed E-state index contributed by atoms with van der Waals surface area (Å²) in [7, 11) is 0. The van der Waals surface area contributed by atoms with Crippen molar-refractivity contribution in [2.24, 2.45) is 17.8 Å². The van der Waals surface area contributed by atoms with Gasteiger partial charge >= 0.3 is 0 Å². The molecule has 104 valence electrons. The van der Waals surface area contributed by atoms with Crippen LogP contribution in [0.2, 0.25) is 0 Å². The molecule has 4 rings (SSSR count). The van der Waals surface area contributed by atoms with Crippen LogP contribution in [0, 0.1) is 17.8 Å². The van der Waals surface area contributed by atoms with Crippen LogP contribution in [0.1, 0.15) is 31.5 Å². The molecule has 2 saturated carbocycles. The number of fused-ring (bicyclic) bond motifs is 3. The maximum atomic E-state index is 12.3. The van der Waals surface area contributed by atoms with Crippen molar-refractivity contribution in [3.05, 3.63) is 30.2 Å². The molecule has 2 aliphatic rings. The molecule has 2 aromatic heterocycles. The maximum absolute atomic E-state index is 12.3. The Morgan fingerprint density at radius 3 is 3.05 bits per heavy atom. The Kier molecular flexibility index (Phi) is 2.72. The number of carbonyl (C=O) groups excluding carboxylic acids is 1. The van der Waals surface area contributed by atoms with Gasteiger partial charge in [0.15, 0.2) is 11.5 Å². The number of carbonyl (C=O) groups is 1. The average Bonchev–Trinajstić information content (AvgIpc) is 3.19. The van der Waals surface area contributed by atoms with Crippen molar-refractivity contribution in [2.75, 3.05) is 0 Å². The third kappa shape index (κ3) is 1.88. The lowest BCUT2D eigenvalue weighted by atomic mass is 9.88. The molecular formula is C15H18N4O. The molecule has 1 amide bonds. The van der Waals surface area contributed by atoms with Crippen LogP contribution in [-0.2, 0) is 11.3 Å². The zero-order chi connectivity index (χ0) is 13.5. The average molecular weight is 270 g/mol. The maximum Gasteiger partial charge on any atom is 0.223 e. The Balaban J connectivity index is 1.44. The van der Waals surface area contributed by atoms with Gasteiger partial charge in [0.25, 0.3) is 0 Å². The first-order valence-corrected chi connectivity index (χ1v) is 7.37. The van der Waals surface area contributed by atoms with Crippen molar-refractivity contribution in [3.8, 4) is 0 Å². The number of hydrogen-bond donors (Lipinski definition) is 1. The fourth-order valence-corrected chi connectivity index (χ4v) is 3.87. The number of aromatic nitrogens is 3. The quantitative estimate of drug-likeness (QED) is 0.925. The van der Waals surface area contributed by atoms with Gasteiger partial charge in [0.2, 0.25) is 5.91 Å². The van der Waals surface area contributed by atoms with Gasteiger partial charge in [0.05, 0.1) is 6.54 Å². The Bertz CT molecular complexity index is 650. The molecule has 2 aliphatic carbocycles. The van der Waals surface area contributed by atoms with Gasteiger partial charge < -0.3 is 5.32 Å². The van der Waals surface area contributed by atoms with Crippen LogP contribution < -0.4 is 5.32 Å². The molecule has 5 nitrogen and oxygen atoms in total. The van der Waals surface area contributed by atoms with Crippen molar-refractivity contribution in [2.45, 2.75) is 32.2 Å². The van der Waals surface area contributed by atoms with Gasteiger partial charge in [0.1, 0.15) is 0 Å². The lowest BCUT2D eigenvalue weighted by molar-refractivity contribution is -0.126. The minimum atomic E-state index is 0.199. The standard InChI is InChI=1S/C15H18N4O/c20-15(12-8-10-4-5-11(12)7-10)16-9-14-18-17-13-3-1-2-6-19(13)14/h1-3,6,10-12H,4-5,7-9H2,(H,16,20). The highest BCUT2D eigenvalue weighted by Gasteiger charge is 2.42. The Hall–Kier alpha value is -1.91. The Labute approximate surface area is 117 Å². The number of nitrogens with one attached hydrogen (secondary N) is 1. The summed E-state index contributed by atoms with van der Waals surface area (Å²) in [5, 5.41) is 11.3. The first kappa shape index (κ1) is 11.9. The first-order valence-electron chi connectivity index (χ1n) is 7.37. The molecule has 0 aromatic carbocycles. The fraction of sp³-hybridized carbons (Fsp3) is 0.533. The SMILES string of the molecule is O=C(NCc1nnc2ccccn12)C1CC2CCC1C2. The lowest BCUT2D eigenvalue weighted by Crippen LogP contribution is -2.33. The van der Waals surface area contributed by atoms with Crippen molar-refractivity contribution in [3.63, 3.8) is 0 Å². The Morgan fingerprint density at radius 2 is 2.25 bits per heavy atom. The highest BCUT2D eigenvalue weighted by atomic mass is 16.1. The molecule has 0 aliphatic heterocycles. The van der Waals surface area contributed by atoms with Gasteiger partial charge in [-0.2, -0.15) is 0 Å². The molecule has 3 unspecified atom stereocenters. The van der Waals surface area contributed by atoms with Gasteiger partial charge in [-0.3, -0.25) is 9.20 Å². The van der Waals surface area contributed by atoms with Crippen LogP contribution in [0.15, 0.2) is 24.4 Å². The summed E-state index contributed by atoms with van der Waals surface area (Å²) in [4.78, 5) is 12.3. The van der Waals surface area contributed by atoms with E-state index in [-0.39, 0.29) is 11.8 Å². The van der Waals surface area contributed by atoms with E-state index in [0.717, 1.165) is 23.8 Å². The van der Waals surface area contributed by atoms with Crippen LogP contribution >= 0.6 is 0 Å². The summed E-state index contributed by atoms with van der Waals surface area (Å²) in [6.45, 7) is 0.456. The van der Waals surface area contributed by atoms with E-state index < -0.39 is 0 Å². The zero-order valence-electron chi connectivity index (χ0n) is 11.3. The van der Waals surface area contributed by atoms with Crippen LogP contribution in [0.25, 0.3) is 5.65 Å². The van der Waals surface area contributed by atoms with Gasteiger partial charge in [-0.05, 0) is 43.2 Å². The smallest absolute Gasteiger partial charge is 0.223 e. The van der Waals surface area contributed by atoms with E-state index in [1.807, 2.05) is 28.8 Å². The Morgan fingerprint density at radius 1 is 1.30 bits per heavy atom. The van der Waals surface area contributed by atoms with Gasteiger partial charge in [-0.25, -0.2) is 0 Å². The fourth-order valence-electron chi connectivity index (χ4n) is 3.87. The van der Waals surface area contributed by atoms with Crippen LogP contribution in [-0.4, -0.2) is 20.5 Å². The molecule has 0 spiro atoms. The third-order valence-electron chi connectivity index (χ3n) is 4.88. The van der Waals surface area contributed by atoms with E-state index in [0.29, 0.717) is 12.5 Å². The summed E-state index contributed by atoms with van der Waals surface area (Å²) in [6.07, 6.45) is 6.82. The first-order chi connectivity index (χ1) is 9.81. The minimum absolute atomic E-state index is 0.199. The minimum Gasteiger partial charge on any atom is -0.349 e. The highest BCUT2D eigenvalue weighted by Crippen LogP contribution is 2.48. The van der Waals surface area contributed by atoms with E-state index in [2.05, 4.69) is 15.5 Å². The molecule has 1 N–H and O–H groups in total. The largest absolute Gasteiger partial charge is 0.349 e. The summed E-state index contributed by atoms with van der Waals surface area (Å²) in [5.41, 5.74) is 0.816. The normalized spacial score (nSPS) is 28.1. The second kappa shape index (κ2) is 4.58. The predicted octanol–water partition coefficient (Wildman–Crippen LogP) is 1.78. The van der Waals surface area contributed by atoms with Gasteiger partial charge in [0, 0.05) is 12.1 Å². The van der Waals surface area contributed by atoms with Crippen molar-refractivity contribution < 1.29 is 4.79 Å². The molecule has 20 heavy (non-hydrogen) atoms. The second-order valence-electron chi connectivity index (χ2n) is 6.04. The lowest BCUT2D eigenvalue weighted by Gasteiger charge is -2.20. The van der Waals surface area contributed by atoms with Crippen molar-refractivity contribution in [1.82, 2.24) is 19.9 Å². The number of rotatable bonds is 3. The monoisotopic (exact) mass is 270 g/mol. The number of pyridine rings is 1. The van der Waals surface area contributed by atoms with Gasteiger partial charge in [-0.15, -0.1) is 10.2 Å². The van der Waals surface area contributed by atoms with Crippen LogP contribution in [0.5, 0.6) is 0 Å². The molecule has 5 heteroatoms. The molecule has 3 atom stereocenters. The van der Waals surface area contributed by atoms with Crippen LogP contribution in [0.3, 0.4) is 0 Å². The highest BCUT2D eigenvalue weighted by molar-refractivity contribution is 5.79. The van der Waals surface area contributed by atoms with E-state index in [4.69, 9.17) is 0 Å². The second-order valence-corrected chi connectivity index (χ2v) is 6.04. The molecule has 0 radical (unpaired) electrons. The van der Waals surface area contributed by atoms with E-state index in [9.17, 15) is 4.79 Å². The number of hydrogen-bond acceptors (Lipinski definition) is 3. The topological polar surface area (TPSA) is 59.3 Å². The van der Waals surface area contributed by atoms with Crippen molar-refractivity contribution in [1.29, 1.82) is 0 Å². The predicted molar refractivity (Wildman–Crippen MR) is 73.8 cm³/mol. The molecule has 2 fully saturated rings. The summed E-state index contributed by atoms with van der Waals surface area (Å²) < 4.78 is 1.92. The van der Waals surface area contributed by atoms with Crippen LogP contribution in [0.4, 0.5) is 0 Å². The number of amides is 1. The zero-order valence-corrected chi connectivity index (χ0v) is 11.3. The number of nitrogens with zero attached hydrogens (tertiary/aromatic N) is 3. The molecule has 2 heterocycles. The molecule has 2 aromatic rings. The summed E-state index contributed by atoms with van der Waals surface area (Å²) in [5.74, 6) is 2.63. The summed E-state index contributed by atoms with van der Waals surface area (Å²) in [6, 6.07) is 5.79. The third-order valence-corrected chi connectivity index (χ3v) is 4.88. The summed E-state index contributed by atoms with van der Waals surface area (Å²) >= 11 is 0. The molecule has 0 saturated heterocycles. The van der Waals surface area contributed by atoms with E-state index in [1.165, 1.54) is 19.3 Å². The molecular weight excluding hydrogens is 252 g/mol. The van der Waals surface area contributed by atoms with E-state index in [1.54, 1.807) is 0 Å². The van der Waals surface area contributed by atoms with E-state index >= 15 is 0 Å². The van der Waals surface area contributed by atoms with Gasteiger partial charge in [-0.1, -0.05) is 12.5 Å². The van der Waals surface area contributed by atoms with Crippen molar-refractivity contribution >= 4 is 11.6 Å².